The summed E-state index contributed by atoms with van der Waals surface area (Å²) < 4.78 is 0. The van der Waals surface area contributed by atoms with Gasteiger partial charge < -0.3 is 0 Å². The fourth-order valence-electron chi connectivity index (χ4n) is 6.31. The second-order valence-electron chi connectivity index (χ2n) is 12.1. The van der Waals surface area contributed by atoms with Crippen molar-refractivity contribution in [2.75, 3.05) is 0 Å². The van der Waals surface area contributed by atoms with Crippen LogP contribution in [-0.2, 0) is 5.41 Å². The molecule has 6 aromatic rings. The highest BCUT2D eigenvalue weighted by molar-refractivity contribution is 5.74. The van der Waals surface area contributed by atoms with Crippen LogP contribution in [0.15, 0.2) is 164 Å². The van der Waals surface area contributed by atoms with Crippen molar-refractivity contribution in [1.29, 1.82) is 0 Å². The van der Waals surface area contributed by atoms with E-state index in [1.165, 1.54) is 22.3 Å². The molecular weight excluding hydrogens is 583 g/mol. The Labute approximate surface area is 285 Å². The van der Waals surface area contributed by atoms with E-state index < -0.39 is 0 Å². The lowest BCUT2D eigenvalue weighted by atomic mass is 9.70. The third-order valence-corrected chi connectivity index (χ3v) is 9.28. The Hall–Kier alpha value is -5.67. The van der Waals surface area contributed by atoms with E-state index in [1.807, 2.05) is 66.7 Å². The number of nitrogens with zero attached hydrogens (tertiary/aromatic N) is 3. The fourth-order valence-corrected chi connectivity index (χ4v) is 6.31. The monoisotopic (exact) mass is 623 g/mol. The first-order valence-corrected chi connectivity index (χ1v) is 16.7. The normalized spacial score (nSPS) is 11.9. The maximum atomic E-state index is 4.92. The summed E-state index contributed by atoms with van der Waals surface area (Å²) >= 11 is 0. The summed E-state index contributed by atoms with van der Waals surface area (Å²) in [5.41, 5.74) is 9.92. The molecule has 5 aromatic carbocycles. The number of hydrogen-bond donors (Lipinski definition) is 0. The summed E-state index contributed by atoms with van der Waals surface area (Å²) in [5.74, 6) is 2.00. The van der Waals surface area contributed by atoms with E-state index in [0.29, 0.717) is 17.5 Å². The SMILES string of the molecule is C=C(/C=C\C=C(/C)c1ccccc1)c1ccc(C(CC)(CC)c2ccc(-c3nc(-c4ccccc4)nc(-c4ccccc4)n3)cc2)cc1. The highest BCUT2D eigenvalue weighted by Crippen LogP contribution is 2.40. The molecule has 0 spiro atoms. The van der Waals surface area contributed by atoms with Crippen molar-refractivity contribution in [3.8, 4) is 34.2 Å². The van der Waals surface area contributed by atoms with Gasteiger partial charge in [0.25, 0.3) is 0 Å². The molecule has 0 saturated heterocycles. The van der Waals surface area contributed by atoms with Crippen LogP contribution in [0.5, 0.6) is 0 Å². The first-order valence-electron chi connectivity index (χ1n) is 16.7. The molecule has 0 atom stereocenters. The van der Waals surface area contributed by atoms with Gasteiger partial charge in [-0.05, 0) is 53.2 Å². The minimum atomic E-state index is -0.118. The van der Waals surface area contributed by atoms with Gasteiger partial charge in [-0.2, -0.15) is 0 Å². The lowest BCUT2D eigenvalue weighted by molar-refractivity contribution is 0.478. The summed E-state index contributed by atoms with van der Waals surface area (Å²) in [6.07, 6.45) is 8.27. The Kier molecular flexibility index (Phi) is 9.97. The number of aromatic nitrogens is 3. The largest absolute Gasteiger partial charge is 0.208 e. The minimum absolute atomic E-state index is 0.118. The summed E-state index contributed by atoms with van der Waals surface area (Å²) in [6.45, 7) is 11.0. The number of rotatable bonds is 11. The average molecular weight is 624 g/mol. The van der Waals surface area contributed by atoms with Crippen LogP contribution in [0.4, 0.5) is 0 Å². The van der Waals surface area contributed by atoms with Crippen LogP contribution in [0, 0.1) is 0 Å². The molecule has 0 radical (unpaired) electrons. The lowest BCUT2D eigenvalue weighted by Crippen LogP contribution is -2.26. The predicted octanol–water partition coefficient (Wildman–Crippen LogP) is 11.7. The van der Waals surface area contributed by atoms with Gasteiger partial charge in [0.2, 0.25) is 0 Å². The molecule has 1 heterocycles. The Morgan fingerprint density at radius 3 is 1.42 bits per heavy atom. The first kappa shape index (κ1) is 32.3. The molecule has 3 nitrogen and oxygen atoms in total. The van der Waals surface area contributed by atoms with E-state index in [2.05, 4.69) is 118 Å². The predicted molar refractivity (Wildman–Crippen MR) is 202 cm³/mol. The maximum Gasteiger partial charge on any atom is 0.164 e. The van der Waals surface area contributed by atoms with Crippen LogP contribution in [0.1, 0.15) is 55.9 Å². The van der Waals surface area contributed by atoms with Crippen LogP contribution in [0.25, 0.3) is 45.3 Å². The zero-order valence-corrected chi connectivity index (χ0v) is 28.0. The number of hydrogen-bond acceptors (Lipinski definition) is 3. The zero-order valence-electron chi connectivity index (χ0n) is 28.0. The molecule has 48 heavy (non-hydrogen) atoms. The van der Waals surface area contributed by atoms with E-state index in [9.17, 15) is 0 Å². The van der Waals surface area contributed by atoms with Crippen molar-refractivity contribution in [3.63, 3.8) is 0 Å². The van der Waals surface area contributed by atoms with Crippen LogP contribution < -0.4 is 0 Å². The van der Waals surface area contributed by atoms with Gasteiger partial charge in [-0.3, -0.25) is 0 Å². The average Bonchev–Trinajstić information content (AvgIpc) is 3.17. The lowest BCUT2D eigenvalue weighted by Gasteiger charge is -2.33. The Balaban J connectivity index is 1.27. The Bertz CT molecular complexity index is 1960. The van der Waals surface area contributed by atoms with Gasteiger partial charge in [0.1, 0.15) is 0 Å². The highest BCUT2D eigenvalue weighted by atomic mass is 15.0. The zero-order chi connectivity index (χ0) is 33.3. The van der Waals surface area contributed by atoms with Gasteiger partial charge in [-0.15, -0.1) is 0 Å². The van der Waals surface area contributed by atoms with Gasteiger partial charge in [0.05, 0.1) is 0 Å². The van der Waals surface area contributed by atoms with Gasteiger partial charge in [0, 0.05) is 22.1 Å². The van der Waals surface area contributed by atoms with E-state index >= 15 is 0 Å². The standard InChI is InChI=1S/C45H41N3/c1-5-45(6-2,40-29-25-36(26-30-40)34(4)18-16-17-33(3)35-19-10-7-11-20-35)41-31-27-39(28-32-41)44-47-42(37-21-12-8-13-22-37)46-43(48-44)38-23-14-9-15-24-38/h7-32H,4-6H2,1-3H3/b18-16-,33-17+. The maximum absolute atomic E-state index is 4.92. The van der Waals surface area contributed by atoms with Crippen molar-refractivity contribution in [2.24, 2.45) is 0 Å². The molecule has 0 amide bonds. The van der Waals surface area contributed by atoms with Crippen LogP contribution in [0.2, 0.25) is 0 Å². The molecule has 0 saturated carbocycles. The molecule has 1 aromatic heterocycles. The van der Waals surface area contributed by atoms with Crippen LogP contribution in [-0.4, -0.2) is 15.0 Å². The molecule has 0 bridgehead atoms. The summed E-state index contributed by atoms with van der Waals surface area (Å²) in [4.78, 5) is 14.7. The van der Waals surface area contributed by atoms with Gasteiger partial charge in [-0.1, -0.05) is 178 Å². The minimum Gasteiger partial charge on any atom is -0.208 e. The van der Waals surface area contributed by atoms with E-state index in [4.69, 9.17) is 15.0 Å². The van der Waals surface area contributed by atoms with Gasteiger partial charge in [-0.25, -0.2) is 15.0 Å². The Morgan fingerprint density at radius 1 is 0.542 bits per heavy atom. The summed E-state index contributed by atoms with van der Waals surface area (Å²) in [6, 6.07) is 48.4. The fraction of sp³-hybridized carbons (Fsp3) is 0.133. The van der Waals surface area contributed by atoms with Crippen LogP contribution >= 0.6 is 0 Å². The van der Waals surface area contributed by atoms with Crippen molar-refractivity contribution in [3.05, 3.63) is 187 Å². The molecule has 0 unspecified atom stereocenters. The molecule has 0 N–H and O–H groups in total. The Morgan fingerprint density at radius 2 is 0.958 bits per heavy atom. The first-order chi connectivity index (χ1) is 23.5. The molecule has 0 aliphatic heterocycles. The molecule has 0 aliphatic carbocycles. The van der Waals surface area contributed by atoms with Crippen molar-refractivity contribution in [2.45, 2.75) is 39.0 Å². The van der Waals surface area contributed by atoms with Crippen molar-refractivity contribution in [1.82, 2.24) is 15.0 Å². The third-order valence-electron chi connectivity index (χ3n) is 9.28. The molecule has 0 aliphatic rings. The number of allylic oxidation sites excluding steroid dienone is 5. The quantitative estimate of drug-likeness (QED) is 0.135. The van der Waals surface area contributed by atoms with Crippen molar-refractivity contribution >= 4 is 11.1 Å². The van der Waals surface area contributed by atoms with Gasteiger partial charge in [0.15, 0.2) is 17.5 Å². The molecule has 3 heteroatoms. The summed E-state index contributed by atoms with van der Waals surface area (Å²) in [5, 5.41) is 0. The third kappa shape index (κ3) is 7.01. The molecule has 236 valence electrons. The molecule has 0 fully saturated rings. The van der Waals surface area contributed by atoms with Crippen molar-refractivity contribution < 1.29 is 0 Å². The highest BCUT2D eigenvalue weighted by Gasteiger charge is 2.30. The van der Waals surface area contributed by atoms with Crippen LogP contribution in [0.3, 0.4) is 0 Å². The van der Waals surface area contributed by atoms with Gasteiger partial charge >= 0.3 is 0 Å². The van der Waals surface area contributed by atoms with E-state index in [1.54, 1.807) is 0 Å². The smallest absolute Gasteiger partial charge is 0.164 e. The topological polar surface area (TPSA) is 38.7 Å². The second-order valence-corrected chi connectivity index (χ2v) is 12.1. The van der Waals surface area contributed by atoms with E-state index in [0.717, 1.165) is 40.7 Å². The van der Waals surface area contributed by atoms with E-state index in [-0.39, 0.29) is 5.41 Å². The molecular formula is C45H41N3. The second kappa shape index (κ2) is 14.8. The summed E-state index contributed by atoms with van der Waals surface area (Å²) in [7, 11) is 0. The number of benzene rings is 5. The molecule has 6 rings (SSSR count).